The quantitative estimate of drug-likeness (QED) is 0.835. The number of carbonyl (C=O) groups excluding carboxylic acids is 2. The molecule has 2 rings (SSSR count). The third-order valence-corrected chi connectivity index (χ3v) is 2.54. The second-order valence-electron chi connectivity index (χ2n) is 4.02. The number of carbonyl (C=O) groups is 2. The second kappa shape index (κ2) is 6.33. The molecule has 0 aliphatic heterocycles. The van der Waals surface area contributed by atoms with Gasteiger partial charge in [0.25, 0.3) is 5.91 Å². The van der Waals surface area contributed by atoms with Gasteiger partial charge in [0.1, 0.15) is 0 Å². The highest BCUT2D eigenvalue weighted by molar-refractivity contribution is 6.05. The van der Waals surface area contributed by atoms with E-state index in [2.05, 4.69) is 23.3 Å². The maximum Gasteiger partial charge on any atom is 0.255 e. The van der Waals surface area contributed by atoms with Gasteiger partial charge in [-0.15, -0.1) is 0 Å². The van der Waals surface area contributed by atoms with E-state index in [1.165, 1.54) is 6.08 Å². The van der Waals surface area contributed by atoms with Crippen molar-refractivity contribution in [1.82, 2.24) is 0 Å². The highest BCUT2D eigenvalue weighted by Gasteiger charge is 2.07. The average Bonchev–Trinajstić information content (AvgIpc) is 2.48. The van der Waals surface area contributed by atoms with Crippen LogP contribution in [-0.4, -0.2) is 11.8 Å². The Morgan fingerprint density at radius 3 is 2.60 bits per heavy atom. The summed E-state index contributed by atoms with van der Waals surface area (Å²) in [5.74, 6) is -0.570. The van der Waals surface area contributed by atoms with Crippen molar-refractivity contribution in [3.05, 3.63) is 72.8 Å². The fourth-order valence-corrected chi connectivity index (χ4v) is 1.61. The molecule has 4 nitrogen and oxygen atoms in total. The Bertz CT molecular complexity index is 636. The van der Waals surface area contributed by atoms with Gasteiger partial charge in [0.2, 0.25) is 5.91 Å². The molecule has 0 saturated carbocycles. The highest BCUT2D eigenvalue weighted by atomic mass is 16.2. The summed E-state index contributed by atoms with van der Waals surface area (Å²) in [6.07, 6.45) is 1.17. The third-order valence-electron chi connectivity index (χ3n) is 2.54. The summed E-state index contributed by atoms with van der Waals surface area (Å²) >= 11 is 0. The first-order valence-electron chi connectivity index (χ1n) is 6.00. The Morgan fingerprint density at radius 1 is 1.10 bits per heavy atom. The lowest BCUT2D eigenvalue weighted by Crippen LogP contribution is -2.13. The van der Waals surface area contributed by atoms with E-state index >= 15 is 0 Å². The van der Waals surface area contributed by atoms with Gasteiger partial charge in [0.05, 0.1) is 0 Å². The zero-order valence-electron chi connectivity index (χ0n) is 10.7. The minimum atomic E-state index is -0.319. The monoisotopic (exact) mass is 265 g/mol. The van der Waals surface area contributed by atoms with E-state index in [9.17, 15) is 9.59 Å². The fraction of sp³-hybridized carbons (Fsp3) is 0. The van der Waals surface area contributed by atoms with Crippen molar-refractivity contribution in [3.8, 4) is 0 Å². The first kappa shape index (κ1) is 13.5. The smallest absolute Gasteiger partial charge is 0.255 e. The van der Waals surface area contributed by atoms with Crippen LogP contribution < -0.4 is 10.6 Å². The summed E-state index contributed by atoms with van der Waals surface area (Å²) in [5.41, 5.74) is 1.66. The van der Waals surface area contributed by atoms with Crippen molar-refractivity contribution >= 4 is 23.2 Å². The molecule has 0 atom stereocenters. The minimum absolute atomic E-state index is 0.251. The van der Waals surface area contributed by atoms with Crippen LogP contribution in [0, 0.1) is 6.07 Å². The van der Waals surface area contributed by atoms with E-state index in [4.69, 9.17) is 0 Å². The summed E-state index contributed by atoms with van der Waals surface area (Å²) in [5, 5.41) is 5.36. The summed E-state index contributed by atoms with van der Waals surface area (Å²) in [4.78, 5) is 23.3. The van der Waals surface area contributed by atoms with Crippen LogP contribution in [0.5, 0.6) is 0 Å². The molecule has 2 amide bonds. The number of rotatable bonds is 4. The van der Waals surface area contributed by atoms with Crippen LogP contribution in [0.3, 0.4) is 0 Å². The predicted molar refractivity (Wildman–Crippen MR) is 78.5 cm³/mol. The van der Waals surface area contributed by atoms with Crippen LogP contribution in [0.15, 0.2) is 61.2 Å². The molecule has 0 heterocycles. The zero-order chi connectivity index (χ0) is 14.4. The fourth-order valence-electron chi connectivity index (χ4n) is 1.61. The lowest BCUT2D eigenvalue weighted by Gasteiger charge is -2.07. The standard InChI is InChI=1S/C16H13N2O2/c1-2-15(19)17-14-10-6-7-12(11-14)16(20)18-13-8-4-3-5-9-13/h2-4,6-11H,1H2,(H,17,19)(H,18,20). The van der Waals surface area contributed by atoms with Crippen molar-refractivity contribution < 1.29 is 9.59 Å². The molecule has 1 radical (unpaired) electrons. The summed E-state index contributed by atoms with van der Waals surface area (Å²) < 4.78 is 0. The molecule has 2 N–H and O–H groups in total. The van der Waals surface area contributed by atoms with E-state index in [0.717, 1.165) is 0 Å². The molecule has 0 unspecified atom stereocenters. The topological polar surface area (TPSA) is 58.2 Å². The van der Waals surface area contributed by atoms with Gasteiger partial charge in [-0.2, -0.15) is 0 Å². The van der Waals surface area contributed by atoms with Crippen LogP contribution in [-0.2, 0) is 4.79 Å². The molecule has 0 saturated heterocycles. The van der Waals surface area contributed by atoms with Crippen molar-refractivity contribution in [2.75, 3.05) is 10.6 Å². The van der Waals surface area contributed by atoms with Gasteiger partial charge in [-0.05, 0) is 42.5 Å². The Kier molecular flexibility index (Phi) is 4.29. The normalized spacial score (nSPS) is 9.60. The van der Waals surface area contributed by atoms with Gasteiger partial charge in [-0.25, -0.2) is 0 Å². The molecule has 0 spiro atoms. The lowest BCUT2D eigenvalue weighted by molar-refractivity contribution is -0.111. The molecule has 2 aromatic carbocycles. The molecule has 0 aromatic heterocycles. The van der Waals surface area contributed by atoms with Gasteiger partial charge in [0.15, 0.2) is 0 Å². The number of nitrogens with one attached hydrogen (secondary N) is 2. The largest absolute Gasteiger partial charge is 0.323 e. The number of hydrogen-bond acceptors (Lipinski definition) is 2. The zero-order valence-corrected chi connectivity index (χ0v) is 10.7. The van der Waals surface area contributed by atoms with Crippen LogP contribution in [0.4, 0.5) is 11.4 Å². The Morgan fingerprint density at radius 2 is 1.90 bits per heavy atom. The summed E-state index contributed by atoms with van der Waals surface area (Å²) in [6, 6.07) is 16.6. The molecule has 20 heavy (non-hydrogen) atoms. The van der Waals surface area contributed by atoms with E-state index < -0.39 is 0 Å². The molecule has 99 valence electrons. The third kappa shape index (κ3) is 3.55. The Balaban J connectivity index is 2.12. The Labute approximate surface area is 117 Å². The number of anilines is 2. The van der Waals surface area contributed by atoms with E-state index in [-0.39, 0.29) is 11.8 Å². The SMILES string of the molecule is C=CC(=O)Nc1cccc(C(=O)Nc2c[c]ccc2)c1. The average molecular weight is 265 g/mol. The van der Waals surface area contributed by atoms with Crippen molar-refractivity contribution in [2.45, 2.75) is 0 Å². The van der Waals surface area contributed by atoms with E-state index in [1.54, 1.807) is 48.5 Å². The molecule has 4 heteroatoms. The van der Waals surface area contributed by atoms with Gasteiger partial charge in [-0.3, -0.25) is 9.59 Å². The van der Waals surface area contributed by atoms with Crippen LogP contribution in [0.1, 0.15) is 10.4 Å². The Hall–Kier alpha value is -2.88. The molecule has 0 aliphatic rings. The lowest BCUT2D eigenvalue weighted by atomic mass is 10.2. The maximum absolute atomic E-state index is 12.1. The summed E-state index contributed by atoms with van der Waals surface area (Å²) in [7, 11) is 0. The van der Waals surface area contributed by atoms with E-state index in [0.29, 0.717) is 16.9 Å². The van der Waals surface area contributed by atoms with E-state index in [1.807, 2.05) is 0 Å². The van der Waals surface area contributed by atoms with Crippen LogP contribution in [0.25, 0.3) is 0 Å². The molecule has 0 fully saturated rings. The number of hydrogen-bond donors (Lipinski definition) is 2. The number of amides is 2. The highest BCUT2D eigenvalue weighted by Crippen LogP contribution is 2.13. The molecule has 2 aromatic rings. The van der Waals surface area contributed by atoms with Gasteiger partial charge in [0, 0.05) is 16.9 Å². The van der Waals surface area contributed by atoms with Gasteiger partial charge >= 0.3 is 0 Å². The summed E-state index contributed by atoms with van der Waals surface area (Å²) in [6.45, 7) is 3.38. The maximum atomic E-state index is 12.1. The molecular weight excluding hydrogens is 252 g/mol. The van der Waals surface area contributed by atoms with Gasteiger partial charge < -0.3 is 10.6 Å². The minimum Gasteiger partial charge on any atom is -0.323 e. The van der Waals surface area contributed by atoms with Crippen molar-refractivity contribution in [3.63, 3.8) is 0 Å². The number of benzene rings is 2. The first-order chi connectivity index (χ1) is 9.69. The molecule has 0 bridgehead atoms. The van der Waals surface area contributed by atoms with Crippen LogP contribution in [0.2, 0.25) is 0 Å². The van der Waals surface area contributed by atoms with Crippen LogP contribution >= 0.6 is 0 Å². The molecular formula is C16H13N2O2. The van der Waals surface area contributed by atoms with Crippen molar-refractivity contribution in [2.24, 2.45) is 0 Å². The van der Waals surface area contributed by atoms with Gasteiger partial charge in [-0.1, -0.05) is 24.8 Å². The second-order valence-corrected chi connectivity index (χ2v) is 4.02. The predicted octanol–water partition coefficient (Wildman–Crippen LogP) is 2.86. The van der Waals surface area contributed by atoms with Crippen molar-refractivity contribution in [1.29, 1.82) is 0 Å². The first-order valence-corrected chi connectivity index (χ1v) is 6.00. The molecule has 0 aliphatic carbocycles.